The molecule has 204 valence electrons. The Kier molecular flexibility index (Phi) is 10.4. The van der Waals surface area contributed by atoms with Gasteiger partial charge in [0.25, 0.3) is 0 Å². The minimum atomic E-state index is -3.58. The second kappa shape index (κ2) is 13.3. The number of carbonyl (C=O) groups excluding carboxylic acids is 1. The molecule has 5 N–H and O–H groups in total. The molecule has 3 rings (SSSR count). The number of anilines is 1. The summed E-state index contributed by atoms with van der Waals surface area (Å²) in [5, 5.41) is 27.7. The number of aliphatic hydroxyl groups excluding tert-OH is 1. The number of benzene rings is 3. The number of amides is 1. The van der Waals surface area contributed by atoms with Gasteiger partial charge in [-0.15, -0.1) is 0 Å². The van der Waals surface area contributed by atoms with E-state index in [2.05, 4.69) is 15.4 Å². The molecule has 38 heavy (non-hydrogen) atoms. The number of phenols is 1. The van der Waals surface area contributed by atoms with E-state index in [1.807, 2.05) is 31.2 Å². The van der Waals surface area contributed by atoms with E-state index in [0.29, 0.717) is 22.0 Å². The second-order valence-electron chi connectivity index (χ2n) is 9.19. The summed E-state index contributed by atoms with van der Waals surface area (Å²) in [6.07, 6.45) is 0.951. The highest BCUT2D eigenvalue weighted by Gasteiger charge is 2.15. The van der Waals surface area contributed by atoms with Gasteiger partial charge < -0.3 is 20.8 Å². The van der Waals surface area contributed by atoms with Crippen LogP contribution in [0, 0.1) is 0 Å². The van der Waals surface area contributed by atoms with Gasteiger partial charge in [-0.1, -0.05) is 53.5 Å². The molecule has 0 spiro atoms. The molecule has 0 aliphatic carbocycles. The zero-order valence-corrected chi connectivity index (χ0v) is 23.4. The van der Waals surface area contributed by atoms with Gasteiger partial charge in [0.05, 0.1) is 24.5 Å². The van der Waals surface area contributed by atoms with E-state index < -0.39 is 16.1 Å². The van der Waals surface area contributed by atoms with Crippen LogP contribution < -0.4 is 15.4 Å². The molecule has 3 aromatic carbocycles. The fourth-order valence-corrected chi connectivity index (χ4v) is 4.83. The van der Waals surface area contributed by atoms with E-state index >= 15 is 0 Å². The number of phenolic OH excluding ortho intramolecular Hbond substituents is 1. The number of carbonyl (C=O) groups is 1. The maximum absolute atomic E-state index is 12.5. The molecule has 3 aromatic rings. The van der Waals surface area contributed by atoms with Crippen molar-refractivity contribution >= 4 is 44.8 Å². The van der Waals surface area contributed by atoms with Crippen LogP contribution in [0.4, 0.5) is 5.69 Å². The molecular weight excluding hydrogens is 549 g/mol. The van der Waals surface area contributed by atoms with Crippen LogP contribution in [0.1, 0.15) is 35.3 Å². The van der Waals surface area contributed by atoms with Crippen molar-refractivity contribution in [2.24, 2.45) is 0 Å². The highest BCUT2D eigenvalue weighted by molar-refractivity contribution is 7.92. The highest BCUT2D eigenvalue weighted by Crippen LogP contribution is 2.28. The van der Waals surface area contributed by atoms with Crippen LogP contribution in [0.2, 0.25) is 10.0 Å². The van der Waals surface area contributed by atoms with Gasteiger partial charge in [-0.3, -0.25) is 9.52 Å². The van der Waals surface area contributed by atoms with Crippen LogP contribution in [-0.4, -0.2) is 43.4 Å². The first-order valence-corrected chi connectivity index (χ1v) is 14.5. The van der Waals surface area contributed by atoms with Crippen molar-refractivity contribution in [2.75, 3.05) is 17.5 Å². The van der Waals surface area contributed by atoms with Gasteiger partial charge in [0.2, 0.25) is 15.9 Å². The van der Waals surface area contributed by atoms with Gasteiger partial charge in [-0.2, -0.15) is 0 Å². The topological polar surface area (TPSA) is 128 Å². The number of aromatic hydroxyl groups is 1. The van der Waals surface area contributed by atoms with Crippen LogP contribution in [0.3, 0.4) is 0 Å². The summed E-state index contributed by atoms with van der Waals surface area (Å²) in [7, 11) is -3.58. The Bertz CT molecular complexity index is 1380. The summed E-state index contributed by atoms with van der Waals surface area (Å²) < 4.78 is 25.2. The third-order valence-corrected chi connectivity index (χ3v) is 6.94. The van der Waals surface area contributed by atoms with Gasteiger partial charge in [0.15, 0.2) is 0 Å². The van der Waals surface area contributed by atoms with E-state index in [0.717, 1.165) is 22.9 Å². The van der Waals surface area contributed by atoms with Gasteiger partial charge in [-0.25, -0.2) is 8.42 Å². The predicted octanol–water partition coefficient (Wildman–Crippen LogP) is 4.18. The van der Waals surface area contributed by atoms with Crippen molar-refractivity contribution in [1.29, 1.82) is 0 Å². The van der Waals surface area contributed by atoms with Crippen LogP contribution in [0.15, 0.2) is 60.7 Å². The quantitative estimate of drug-likeness (QED) is 0.205. The summed E-state index contributed by atoms with van der Waals surface area (Å²) >= 11 is 12.2. The van der Waals surface area contributed by atoms with Crippen molar-refractivity contribution in [3.05, 3.63) is 93.0 Å². The first-order chi connectivity index (χ1) is 17.9. The standard InChI is InChI=1S/C27H31Cl2N3O5S/c1-17(30-16-26(34)20-6-9-25(33)24(14-20)32-38(2,36)37)10-18-4-3-5-19(11-18)12-27(35)31-15-21-13-22(28)7-8-23(21)29/h3-9,11,13-14,17,26,30,32-34H,10,12,15-16H2,1-2H3,(H,31,35)/t17-,26-/m1/s1. The Morgan fingerprint density at radius 3 is 2.50 bits per heavy atom. The fourth-order valence-electron chi connectivity index (χ4n) is 3.89. The molecule has 0 bridgehead atoms. The van der Waals surface area contributed by atoms with Gasteiger partial charge in [-0.05, 0) is 65.9 Å². The number of hydrogen-bond acceptors (Lipinski definition) is 6. The molecule has 8 nitrogen and oxygen atoms in total. The first-order valence-electron chi connectivity index (χ1n) is 11.9. The lowest BCUT2D eigenvalue weighted by atomic mass is 10.0. The Hall–Kier alpha value is -2.82. The summed E-state index contributed by atoms with van der Waals surface area (Å²) in [6, 6.07) is 17.1. The van der Waals surface area contributed by atoms with Crippen molar-refractivity contribution in [3.8, 4) is 5.75 Å². The van der Waals surface area contributed by atoms with E-state index in [-0.39, 0.29) is 42.9 Å². The predicted molar refractivity (Wildman–Crippen MR) is 151 cm³/mol. The van der Waals surface area contributed by atoms with Crippen molar-refractivity contribution < 1.29 is 23.4 Å². The summed E-state index contributed by atoms with van der Waals surface area (Å²) in [4.78, 5) is 12.5. The molecule has 0 unspecified atom stereocenters. The molecule has 0 aliphatic rings. The van der Waals surface area contributed by atoms with E-state index in [1.54, 1.807) is 18.2 Å². The lowest BCUT2D eigenvalue weighted by molar-refractivity contribution is -0.120. The lowest BCUT2D eigenvalue weighted by Gasteiger charge is -2.19. The van der Waals surface area contributed by atoms with E-state index in [4.69, 9.17) is 23.2 Å². The van der Waals surface area contributed by atoms with Gasteiger partial charge >= 0.3 is 0 Å². The smallest absolute Gasteiger partial charge is 0.229 e. The number of hydrogen-bond donors (Lipinski definition) is 5. The van der Waals surface area contributed by atoms with Crippen molar-refractivity contribution in [2.45, 2.75) is 38.5 Å². The van der Waals surface area contributed by atoms with Crippen LogP contribution in [0.25, 0.3) is 0 Å². The number of rotatable bonds is 12. The van der Waals surface area contributed by atoms with Gasteiger partial charge in [0, 0.05) is 29.2 Å². The average molecular weight is 581 g/mol. The summed E-state index contributed by atoms with van der Waals surface area (Å²) in [6.45, 7) is 2.49. The molecule has 0 aliphatic heterocycles. The third kappa shape index (κ3) is 9.49. The molecule has 0 saturated carbocycles. The Labute approximate surface area is 233 Å². The highest BCUT2D eigenvalue weighted by atomic mass is 35.5. The molecule has 0 aromatic heterocycles. The summed E-state index contributed by atoms with van der Waals surface area (Å²) in [5.41, 5.74) is 3.12. The third-order valence-electron chi connectivity index (χ3n) is 5.74. The van der Waals surface area contributed by atoms with Crippen LogP contribution in [-0.2, 0) is 34.2 Å². The lowest BCUT2D eigenvalue weighted by Crippen LogP contribution is -2.32. The molecule has 0 fully saturated rings. The molecule has 0 saturated heterocycles. The number of nitrogens with one attached hydrogen (secondary N) is 3. The molecule has 2 atom stereocenters. The zero-order chi connectivity index (χ0) is 27.9. The monoisotopic (exact) mass is 579 g/mol. The van der Waals surface area contributed by atoms with Crippen molar-refractivity contribution in [3.63, 3.8) is 0 Å². The number of aliphatic hydroxyl groups is 1. The molecule has 0 heterocycles. The normalized spacial score (nSPS) is 13.1. The minimum Gasteiger partial charge on any atom is -0.506 e. The Balaban J connectivity index is 1.51. The molecular formula is C27H31Cl2N3O5S. The molecule has 1 amide bonds. The van der Waals surface area contributed by atoms with E-state index in [9.17, 15) is 23.4 Å². The fraction of sp³-hybridized carbons (Fsp3) is 0.296. The average Bonchev–Trinajstić information content (AvgIpc) is 2.84. The maximum Gasteiger partial charge on any atom is 0.229 e. The molecule has 0 radical (unpaired) electrons. The molecule has 11 heteroatoms. The first kappa shape index (κ1) is 29.7. The van der Waals surface area contributed by atoms with Crippen molar-refractivity contribution in [1.82, 2.24) is 10.6 Å². The number of sulfonamides is 1. The summed E-state index contributed by atoms with van der Waals surface area (Å²) in [5.74, 6) is -0.361. The largest absolute Gasteiger partial charge is 0.506 e. The maximum atomic E-state index is 12.5. The number of halogens is 2. The Morgan fingerprint density at radius 2 is 1.76 bits per heavy atom. The Morgan fingerprint density at radius 1 is 1.03 bits per heavy atom. The van der Waals surface area contributed by atoms with Crippen LogP contribution in [0.5, 0.6) is 5.75 Å². The minimum absolute atomic E-state index is 0.00410. The zero-order valence-electron chi connectivity index (χ0n) is 21.0. The van der Waals surface area contributed by atoms with E-state index in [1.165, 1.54) is 18.2 Å². The second-order valence-corrected chi connectivity index (χ2v) is 11.8. The SMILES string of the molecule is C[C@H](Cc1cccc(CC(=O)NCc2cc(Cl)ccc2Cl)c1)NC[C@@H](O)c1ccc(O)c(NS(C)(=O)=O)c1. The van der Waals surface area contributed by atoms with Gasteiger partial charge in [0.1, 0.15) is 5.75 Å². The van der Waals surface area contributed by atoms with Crippen LogP contribution >= 0.6 is 23.2 Å².